The van der Waals surface area contributed by atoms with Crippen LogP contribution in [0.2, 0.25) is 0 Å². The molecular formula is C13H16N2O2S. The van der Waals surface area contributed by atoms with Crippen molar-refractivity contribution in [3.05, 3.63) is 39.8 Å². The first-order valence-corrected chi connectivity index (χ1v) is 6.48. The average Bonchev–Trinajstić information content (AvgIpc) is 2.77. The average molecular weight is 264 g/mol. The molecule has 0 saturated carbocycles. The largest absolute Gasteiger partial charge is 0.507 e. The van der Waals surface area contributed by atoms with Crippen molar-refractivity contribution in [1.82, 2.24) is 10.3 Å². The van der Waals surface area contributed by atoms with E-state index in [1.807, 2.05) is 25.3 Å². The third-order valence-electron chi connectivity index (χ3n) is 2.55. The number of phenolic OH excluding ortho intramolecular Hbond substituents is 1. The summed E-state index contributed by atoms with van der Waals surface area (Å²) in [5.41, 5.74) is 0.851. The highest BCUT2D eigenvalue weighted by Crippen LogP contribution is 2.23. The lowest BCUT2D eigenvalue weighted by molar-refractivity contribution is 0.406. The number of nitrogens with zero attached hydrogens (tertiary/aromatic N) is 1. The van der Waals surface area contributed by atoms with Crippen LogP contribution in [0.1, 0.15) is 15.4 Å². The van der Waals surface area contributed by atoms with Crippen molar-refractivity contribution in [3.63, 3.8) is 0 Å². The lowest BCUT2D eigenvalue weighted by Gasteiger charge is -2.07. The molecule has 0 spiro atoms. The van der Waals surface area contributed by atoms with E-state index < -0.39 is 0 Å². The Balaban J connectivity index is 1.90. The minimum atomic E-state index is 0.247. The first kappa shape index (κ1) is 12.9. The predicted octanol–water partition coefficient (Wildman–Crippen LogP) is 2.46. The molecule has 0 saturated heterocycles. The Kier molecular flexibility index (Phi) is 4.17. The van der Waals surface area contributed by atoms with Crippen molar-refractivity contribution < 1.29 is 9.84 Å². The summed E-state index contributed by atoms with van der Waals surface area (Å²) in [6, 6.07) is 5.31. The third kappa shape index (κ3) is 3.21. The molecule has 1 aromatic heterocycles. The number of rotatable bonds is 5. The van der Waals surface area contributed by atoms with E-state index in [9.17, 15) is 5.11 Å². The van der Waals surface area contributed by atoms with E-state index in [0.29, 0.717) is 18.8 Å². The Labute approximate surface area is 110 Å². The van der Waals surface area contributed by atoms with Crippen LogP contribution in [0.25, 0.3) is 0 Å². The fourth-order valence-electron chi connectivity index (χ4n) is 1.61. The normalized spacial score (nSPS) is 10.6. The summed E-state index contributed by atoms with van der Waals surface area (Å²) in [6.45, 7) is 3.36. The van der Waals surface area contributed by atoms with Gasteiger partial charge in [0.1, 0.15) is 16.5 Å². The molecule has 0 fully saturated rings. The number of aryl methyl sites for hydroxylation is 1. The first-order chi connectivity index (χ1) is 8.69. The number of ether oxygens (including phenoxy) is 1. The molecule has 0 aliphatic carbocycles. The maximum absolute atomic E-state index is 9.79. The second-order valence-corrected chi connectivity index (χ2v) is 5.28. The smallest absolute Gasteiger partial charge is 0.123 e. The summed E-state index contributed by atoms with van der Waals surface area (Å²) in [7, 11) is 1.58. The lowest BCUT2D eigenvalue weighted by Crippen LogP contribution is -2.12. The van der Waals surface area contributed by atoms with Crippen molar-refractivity contribution in [3.8, 4) is 11.5 Å². The highest BCUT2D eigenvalue weighted by atomic mass is 32.1. The van der Waals surface area contributed by atoms with Gasteiger partial charge in [-0.25, -0.2) is 4.98 Å². The van der Waals surface area contributed by atoms with E-state index in [-0.39, 0.29) is 5.75 Å². The third-order valence-corrected chi connectivity index (χ3v) is 3.47. The molecule has 0 unspecified atom stereocenters. The second-order valence-electron chi connectivity index (χ2n) is 3.96. The van der Waals surface area contributed by atoms with Gasteiger partial charge < -0.3 is 15.2 Å². The maximum atomic E-state index is 9.79. The molecule has 0 bridgehead atoms. The molecule has 2 N–H and O–H groups in total. The van der Waals surface area contributed by atoms with Crippen LogP contribution in [0, 0.1) is 6.92 Å². The molecule has 2 aromatic rings. The minimum Gasteiger partial charge on any atom is -0.507 e. The van der Waals surface area contributed by atoms with Crippen molar-refractivity contribution in [2.75, 3.05) is 7.11 Å². The van der Waals surface area contributed by atoms with E-state index in [0.717, 1.165) is 10.6 Å². The molecule has 0 amide bonds. The van der Waals surface area contributed by atoms with E-state index in [1.54, 1.807) is 24.5 Å². The second kappa shape index (κ2) is 5.84. The Bertz CT molecular complexity index is 525. The van der Waals surface area contributed by atoms with Crippen LogP contribution < -0.4 is 10.1 Å². The Morgan fingerprint density at radius 3 is 2.83 bits per heavy atom. The number of thiazole rings is 1. The maximum Gasteiger partial charge on any atom is 0.123 e. The predicted molar refractivity (Wildman–Crippen MR) is 72.1 cm³/mol. The number of phenols is 1. The molecule has 1 aromatic carbocycles. The van der Waals surface area contributed by atoms with Gasteiger partial charge in [-0.05, 0) is 13.0 Å². The Morgan fingerprint density at radius 2 is 2.22 bits per heavy atom. The first-order valence-electron chi connectivity index (χ1n) is 5.67. The van der Waals surface area contributed by atoms with Gasteiger partial charge in [0, 0.05) is 35.8 Å². The minimum absolute atomic E-state index is 0.247. The Morgan fingerprint density at radius 1 is 1.39 bits per heavy atom. The van der Waals surface area contributed by atoms with Crippen molar-refractivity contribution in [2.45, 2.75) is 20.0 Å². The van der Waals surface area contributed by atoms with Crippen LogP contribution in [0.5, 0.6) is 11.5 Å². The standard InChI is InChI=1S/C13H16N2O2S/c1-9-6-15-13(18-9)8-14-7-10-3-4-11(17-2)5-12(10)16/h3-6,14,16H,7-8H2,1-2H3. The highest BCUT2D eigenvalue weighted by molar-refractivity contribution is 7.11. The van der Waals surface area contributed by atoms with Crippen molar-refractivity contribution in [1.29, 1.82) is 0 Å². The molecule has 2 rings (SSSR count). The monoisotopic (exact) mass is 264 g/mol. The van der Waals surface area contributed by atoms with Gasteiger partial charge in [0.25, 0.3) is 0 Å². The molecule has 0 aliphatic rings. The van der Waals surface area contributed by atoms with Crippen LogP contribution >= 0.6 is 11.3 Å². The van der Waals surface area contributed by atoms with Gasteiger partial charge in [0.2, 0.25) is 0 Å². The molecule has 18 heavy (non-hydrogen) atoms. The summed E-state index contributed by atoms with van der Waals surface area (Å²) < 4.78 is 5.04. The van der Waals surface area contributed by atoms with Crippen molar-refractivity contribution >= 4 is 11.3 Å². The van der Waals surface area contributed by atoms with E-state index >= 15 is 0 Å². The summed E-state index contributed by atoms with van der Waals surface area (Å²) in [5.74, 6) is 0.906. The summed E-state index contributed by atoms with van der Waals surface area (Å²) in [4.78, 5) is 5.48. The van der Waals surface area contributed by atoms with Gasteiger partial charge in [0.15, 0.2) is 0 Å². The Hall–Kier alpha value is -1.59. The topological polar surface area (TPSA) is 54.4 Å². The number of hydrogen-bond donors (Lipinski definition) is 2. The van der Waals surface area contributed by atoms with E-state index in [2.05, 4.69) is 10.3 Å². The molecule has 0 radical (unpaired) electrons. The van der Waals surface area contributed by atoms with Crippen LogP contribution in [0.15, 0.2) is 24.4 Å². The van der Waals surface area contributed by atoms with Gasteiger partial charge in [-0.15, -0.1) is 11.3 Å². The van der Waals surface area contributed by atoms with Crippen LogP contribution in [0.3, 0.4) is 0 Å². The number of benzene rings is 1. The number of aromatic hydroxyl groups is 1. The summed E-state index contributed by atoms with van der Waals surface area (Å²) >= 11 is 1.68. The van der Waals surface area contributed by atoms with Gasteiger partial charge >= 0.3 is 0 Å². The summed E-state index contributed by atoms with van der Waals surface area (Å²) in [6.07, 6.45) is 1.87. The van der Waals surface area contributed by atoms with E-state index in [1.165, 1.54) is 4.88 Å². The van der Waals surface area contributed by atoms with Gasteiger partial charge in [-0.2, -0.15) is 0 Å². The zero-order valence-electron chi connectivity index (χ0n) is 10.4. The number of aromatic nitrogens is 1. The number of hydrogen-bond acceptors (Lipinski definition) is 5. The molecular weight excluding hydrogens is 248 g/mol. The quantitative estimate of drug-likeness (QED) is 0.871. The van der Waals surface area contributed by atoms with Gasteiger partial charge in [-0.1, -0.05) is 6.07 Å². The number of methoxy groups -OCH3 is 1. The fourth-order valence-corrected chi connectivity index (χ4v) is 2.36. The SMILES string of the molecule is COc1ccc(CNCc2ncc(C)s2)c(O)c1. The van der Waals surface area contributed by atoms with Crippen LogP contribution in [0.4, 0.5) is 0 Å². The number of nitrogens with one attached hydrogen (secondary N) is 1. The zero-order valence-corrected chi connectivity index (χ0v) is 11.3. The van der Waals surface area contributed by atoms with Crippen LogP contribution in [-0.2, 0) is 13.1 Å². The van der Waals surface area contributed by atoms with Gasteiger partial charge in [-0.3, -0.25) is 0 Å². The zero-order chi connectivity index (χ0) is 13.0. The van der Waals surface area contributed by atoms with E-state index in [4.69, 9.17) is 4.74 Å². The van der Waals surface area contributed by atoms with Crippen molar-refractivity contribution in [2.24, 2.45) is 0 Å². The lowest BCUT2D eigenvalue weighted by atomic mass is 10.2. The highest BCUT2D eigenvalue weighted by Gasteiger charge is 2.03. The molecule has 96 valence electrons. The summed E-state index contributed by atoms with van der Waals surface area (Å²) in [5, 5.41) is 14.1. The molecule has 0 atom stereocenters. The molecule has 0 aliphatic heterocycles. The molecule has 5 heteroatoms. The molecule has 4 nitrogen and oxygen atoms in total. The van der Waals surface area contributed by atoms with Crippen LogP contribution in [-0.4, -0.2) is 17.2 Å². The molecule has 1 heterocycles. The fraction of sp³-hybridized carbons (Fsp3) is 0.308. The van der Waals surface area contributed by atoms with Gasteiger partial charge in [0.05, 0.1) is 7.11 Å².